The predicted octanol–water partition coefficient (Wildman–Crippen LogP) is 3.47. The standard InChI is InChI=1S/C16H14ClFN2O3S/c1-9-6-11(3-4-12(9)17)20-24(22,23)15-7-10-2-5-16(21)19-14(10)8-13(15)18/h3-4,6-8,20H,2,5H2,1H3,(H,19,21). The van der Waals surface area contributed by atoms with Gasteiger partial charge in [0.2, 0.25) is 5.91 Å². The largest absolute Gasteiger partial charge is 0.326 e. The molecule has 0 aliphatic carbocycles. The first-order valence-corrected chi connectivity index (χ1v) is 9.03. The molecule has 24 heavy (non-hydrogen) atoms. The molecule has 1 aliphatic heterocycles. The van der Waals surface area contributed by atoms with Gasteiger partial charge in [-0.1, -0.05) is 11.6 Å². The van der Waals surface area contributed by atoms with Crippen molar-refractivity contribution in [3.8, 4) is 0 Å². The maximum atomic E-state index is 14.3. The Hall–Kier alpha value is -2.12. The summed E-state index contributed by atoms with van der Waals surface area (Å²) in [5, 5.41) is 3.04. The third-order valence-electron chi connectivity index (χ3n) is 3.75. The molecule has 0 bridgehead atoms. The van der Waals surface area contributed by atoms with E-state index in [9.17, 15) is 17.6 Å². The lowest BCUT2D eigenvalue weighted by molar-refractivity contribution is -0.116. The highest BCUT2D eigenvalue weighted by molar-refractivity contribution is 7.92. The summed E-state index contributed by atoms with van der Waals surface area (Å²) in [5.74, 6) is -1.14. The number of sulfonamides is 1. The number of amides is 1. The molecule has 3 rings (SSSR count). The van der Waals surface area contributed by atoms with Crippen LogP contribution in [-0.4, -0.2) is 14.3 Å². The summed E-state index contributed by atoms with van der Waals surface area (Å²) in [6.45, 7) is 1.74. The van der Waals surface area contributed by atoms with Gasteiger partial charge >= 0.3 is 0 Å². The Balaban J connectivity index is 1.97. The molecule has 2 aromatic rings. The molecule has 2 N–H and O–H groups in total. The van der Waals surface area contributed by atoms with Crippen LogP contribution >= 0.6 is 11.6 Å². The molecular weight excluding hydrogens is 355 g/mol. The van der Waals surface area contributed by atoms with Crippen molar-refractivity contribution in [1.82, 2.24) is 0 Å². The van der Waals surface area contributed by atoms with Gasteiger partial charge in [0.05, 0.1) is 0 Å². The van der Waals surface area contributed by atoms with Gasteiger partial charge in [0.1, 0.15) is 10.7 Å². The Morgan fingerprint density at radius 2 is 1.96 bits per heavy atom. The van der Waals surface area contributed by atoms with E-state index in [-0.39, 0.29) is 12.3 Å². The van der Waals surface area contributed by atoms with E-state index in [4.69, 9.17) is 11.6 Å². The van der Waals surface area contributed by atoms with Crippen LogP contribution in [0.15, 0.2) is 35.2 Å². The molecule has 8 heteroatoms. The van der Waals surface area contributed by atoms with Crippen molar-refractivity contribution >= 4 is 38.9 Å². The van der Waals surface area contributed by atoms with E-state index in [2.05, 4.69) is 10.0 Å². The molecule has 5 nitrogen and oxygen atoms in total. The number of aryl methyl sites for hydroxylation is 2. The summed E-state index contributed by atoms with van der Waals surface area (Å²) in [4.78, 5) is 10.9. The summed E-state index contributed by atoms with van der Waals surface area (Å²) in [6, 6.07) is 6.93. The Morgan fingerprint density at radius 3 is 2.67 bits per heavy atom. The second-order valence-electron chi connectivity index (χ2n) is 5.56. The van der Waals surface area contributed by atoms with Crippen LogP contribution in [0.4, 0.5) is 15.8 Å². The monoisotopic (exact) mass is 368 g/mol. The van der Waals surface area contributed by atoms with Crippen LogP contribution in [0.5, 0.6) is 0 Å². The SMILES string of the molecule is Cc1cc(NS(=O)(=O)c2cc3c(cc2F)NC(=O)CC3)ccc1Cl. The molecule has 0 spiro atoms. The number of rotatable bonds is 3. The molecular formula is C16H14ClFN2O3S. The minimum atomic E-state index is -4.10. The number of benzene rings is 2. The molecule has 1 aliphatic rings. The second-order valence-corrected chi connectivity index (χ2v) is 7.62. The number of carbonyl (C=O) groups is 1. The molecule has 1 amide bonds. The fourth-order valence-corrected chi connectivity index (χ4v) is 3.78. The maximum Gasteiger partial charge on any atom is 0.264 e. The van der Waals surface area contributed by atoms with Gasteiger partial charge in [0.25, 0.3) is 10.0 Å². The number of anilines is 2. The molecule has 0 radical (unpaired) electrons. The average Bonchev–Trinajstić information content (AvgIpc) is 2.49. The zero-order valence-corrected chi connectivity index (χ0v) is 14.3. The number of fused-ring (bicyclic) bond motifs is 1. The van der Waals surface area contributed by atoms with E-state index in [1.165, 1.54) is 12.1 Å². The van der Waals surface area contributed by atoms with Crippen LogP contribution in [0.3, 0.4) is 0 Å². The highest BCUT2D eigenvalue weighted by Crippen LogP contribution is 2.29. The van der Waals surface area contributed by atoms with E-state index in [1.54, 1.807) is 19.1 Å². The van der Waals surface area contributed by atoms with E-state index in [0.29, 0.717) is 33.9 Å². The Morgan fingerprint density at radius 1 is 1.21 bits per heavy atom. The lowest BCUT2D eigenvalue weighted by Gasteiger charge is -2.18. The molecule has 0 aromatic heterocycles. The second kappa shape index (κ2) is 6.07. The number of carbonyl (C=O) groups excluding carboxylic acids is 1. The molecule has 0 saturated carbocycles. The lowest BCUT2D eigenvalue weighted by atomic mass is 10.0. The van der Waals surface area contributed by atoms with Crippen molar-refractivity contribution in [2.45, 2.75) is 24.7 Å². The van der Waals surface area contributed by atoms with E-state index in [0.717, 1.165) is 6.07 Å². The Kier molecular flexibility index (Phi) is 4.23. The van der Waals surface area contributed by atoms with Gasteiger partial charge in [0.15, 0.2) is 0 Å². The van der Waals surface area contributed by atoms with Crippen LogP contribution in [0.1, 0.15) is 17.5 Å². The number of hydrogen-bond acceptors (Lipinski definition) is 3. The minimum Gasteiger partial charge on any atom is -0.326 e. The molecule has 2 aromatic carbocycles. The lowest BCUT2D eigenvalue weighted by Crippen LogP contribution is -2.21. The predicted molar refractivity (Wildman–Crippen MR) is 90.3 cm³/mol. The third kappa shape index (κ3) is 3.22. The summed E-state index contributed by atoms with van der Waals surface area (Å²) in [6.07, 6.45) is 0.603. The summed E-state index contributed by atoms with van der Waals surface area (Å²) in [5.41, 5.74) is 1.89. The van der Waals surface area contributed by atoms with Crippen molar-refractivity contribution in [2.75, 3.05) is 10.0 Å². The summed E-state index contributed by atoms with van der Waals surface area (Å²) >= 11 is 5.91. The van der Waals surface area contributed by atoms with Gasteiger partial charge in [-0.05, 0) is 54.8 Å². The van der Waals surface area contributed by atoms with Crippen molar-refractivity contribution in [2.24, 2.45) is 0 Å². The molecule has 0 atom stereocenters. The van der Waals surface area contributed by atoms with Crippen molar-refractivity contribution < 1.29 is 17.6 Å². The highest BCUT2D eigenvalue weighted by atomic mass is 35.5. The molecule has 0 fully saturated rings. The van der Waals surface area contributed by atoms with Gasteiger partial charge in [-0.25, -0.2) is 12.8 Å². The number of nitrogens with one attached hydrogen (secondary N) is 2. The molecule has 0 saturated heterocycles. The quantitative estimate of drug-likeness (QED) is 0.871. The minimum absolute atomic E-state index is 0.215. The zero-order chi connectivity index (χ0) is 17.5. The van der Waals surface area contributed by atoms with Gasteiger partial charge in [-0.15, -0.1) is 0 Å². The fraction of sp³-hybridized carbons (Fsp3) is 0.188. The summed E-state index contributed by atoms with van der Waals surface area (Å²) in [7, 11) is -4.10. The normalized spacial score (nSPS) is 14.0. The van der Waals surface area contributed by atoms with Crippen LogP contribution in [0, 0.1) is 12.7 Å². The van der Waals surface area contributed by atoms with Crippen LogP contribution < -0.4 is 10.0 Å². The van der Waals surface area contributed by atoms with Crippen LogP contribution in [0.25, 0.3) is 0 Å². The summed E-state index contributed by atoms with van der Waals surface area (Å²) < 4.78 is 41.6. The first kappa shape index (κ1) is 16.7. The molecule has 126 valence electrons. The van der Waals surface area contributed by atoms with Crippen molar-refractivity contribution in [3.05, 3.63) is 52.3 Å². The third-order valence-corrected chi connectivity index (χ3v) is 5.57. The molecule has 0 unspecified atom stereocenters. The van der Waals surface area contributed by atoms with E-state index < -0.39 is 20.7 Å². The van der Waals surface area contributed by atoms with Gasteiger partial charge in [0, 0.05) is 22.8 Å². The van der Waals surface area contributed by atoms with Crippen LogP contribution in [0.2, 0.25) is 5.02 Å². The first-order valence-electron chi connectivity index (χ1n) is 7.17. The molecule has 1 heterocycles. The van der Waals surface area contributed by atoms with Gasteiger partial charge in [-0.3, -0.25) is 9.52 Å². The van der Waals surface area contributed by atoms with Crippen molar-refractivity contribution in [1.29, 1.82) is 0 Å². The Bertz CT molecular complexity index is 945. The van der Waals surface area contributed by atoms with Gasteiger partial charge < -0.3 is 5.32 Å². The number of hydrogen-bond donors (Lipinski definition) is 2. The topological polar surface area (TPSA) is 75.3 Å². The Labute approximate surface area is 143 Å². The number of halogens is 2. The van der Waals surface area contributed by atoms with Crippen LogP contribution in [-0.2, 0) is 21.2 Å². The highest BCUT2D eigenvalue weighted by Gasteiger charge is 2.24. The van der Waals surface area contributed by atoms with E-state index >= 15 is 0 Å². The van der Waals surface area contributed by atoms with E-state index in [1.807, 2.05) is 0 Å². The maximum absolute atomic E-state index is 14.3. The van der Waals surface area contributed by atoms with Crippen molar-refractivity contribution in [3.63, 3.8) is 0 Å². The smallest absolute Gasteiger partial charge is 0.264 e. The fourth-order valence-electron chi connectivity index (χ4n) is 2.50. The first-order chi connectivity index (χ1) is 11.3. The zero-order valence-electron chi connectivity index (χ0n) is 12.7. The average molecular weight is 369 g/mol. The van der Waals surface area contributed by atoms with Gasteiger partial charge in [-0.2, -0.15) is 0 Å².